The fourth-order valence-corrected chi connectivity index (χ4v) is 2.54. The SMILES string of the molecule is C[C@H](OC(=O)Cc1ccc(O)cc1)C(=O)Nc1ccc(SC(F)F)cc1. The number of anilines is 1. The van der Waals surface area contributed by atoms with E-state index >= 15 is 0 Å². The fraction of sp³-hybridized carbons (Fsp3) is 0.222. The third kappa shape index (κ3) is 6.36. The maximum Gasteiger partial charge on any atom is 0.311 e. The lowest BCUT2D eigenvalue weighted by Gasteiger charge is -2.14. The van der Waals surface area contributed by atoms with E-state index in [-0.39, 0.29) is 12.2 Å². The van der Waals surface area contributed by atoms with Crippen LogP contribution in [0.4, 0.5) is 14.5 Å². The number of hydrogen-bond acceptors (Lipinski definition) is 5. The zero-order chi connectivity index (χ0) is 19.1. The number of phenols is 1. The quantitative estimate of drug-likeness (QED) is 0.563. The Balaban J connectivity index is 1.84. The molecule has 0 heterocycles. The number of carbonyl (C=O) groups excluding carboxylic acids is 2. The van der Waals surface area contributed by atoms with Crippen molar-refractivity contribution in [3.63, 3.8) is 0 Å². The van der Waals surface area contributed by atoms with Gasteiger partial charge >= 0.3 is 5.97 Å². The molecule has 0 aliphatic rings. The molecule has 0 fully saturated rings. The number of thioether (sulfide) groups is 1. The van der Waals surface area contributed by atoms with Crippen LogP contribution in [-0.4, -0.2) is 28.8 Å². The van der Waals surface area contributed by atoms with Gasteiger partial charge in [-0.2, -0.15) is 8.78 Å². The van der Waals surface area contributed by atoms with Crippen molar-refractivity contribution in [2.24, 2.45) is 0 Å². The van der Waals surface area contributed by atoms with Gasteiger partial charge in [0, 0.05) is 10.6 Å². The highest BCUT2D eigenvalue weighted by Crippen LogP contribution is 2.26. The molecule has 8 heteroatoms. The summed E-state index contributed by atoms with van der Waals surface area (Å²) in [6, 6.07) is 12.0. The number of aromatic hydroxyl groups is 1. The van der Waals surface area contributed by atoms with Gasteiger partial charge in [-0.3, -0.25) is 9.59 Å². The minimum Gasteiger partial charge on any atom is -0.508 e. The Morgan fingerprint density at radius 3 is 2.31 bits per heavy atom. The van der Waals surface area contributed by atoms with Gasteiger partial charge in [-0.15, -0.1) is 0 Å². The number of hydrogen-bond donors (Lipinski definition) is 2. The molecule has 138 valence electrons. The highest BCUT2D eigenvalue weighted by Gasteiger charge is 2.18. The first-order chi connectivity index (χ1) is 12.3. The smallest absolute Gasteiger partial charge is 0.311 e. The van der Waals surface area contributed by atoms with E-state index in [9.17, 15) is 23.5 Å². The first-order valence-corrected chi connectivity index (χ1v) is 8.54. The van der Waals surface area contributed by atoms with Gasteiger partial charge in [0.05, 0.1) is 6.42 Å². The minimum absolute atomic E-state index is 0.0303. The maximum absolute atomic E-state index is 12.3. The van der Waals surface area contributed by atoms with E-state index < -0.39 is 23.7 Å². The molecule has 0 unspecified atom stereocenters. The summed E-state index contributed by atoms with van der Waals surface area (Å²) in [4.78, 5) is 24.3. The topological polar surface area (TPSA) is 75.6 Å². The molecular formula is C18H17F2NO4S. The lowest BCUT2D eigenvalue weighted by atomic mass is 10.1. The summed E-state index contributed by atoms with van der Waals surface area (Å²) in [7, 11) is 0. The number of phenolic OH excluding ortho intramolecular Hbond substituents is 1. The molecule has 1 amide bonds. The van der Waals surface area contributed by atoms with Crippen LogP contribution in [0.25, 0.3) is 0 Å². The monoisotopic (exact) mass is 381 g/mol. The Morgan fingerprint density at radius 1 is 1.12 bits per heavy atom. The number of rotatable bonds is 7. The van der Waals surface area contributed by atoms with Crippen molar-refractivity contribution < 1.29 is 28.2 Å². The van der Waals surface area contributed by atoms with Crippen LogP contribution in [0.5, 0.6) is 5.75 Å². The first kappa shape index (κ1) is 19.7. The van der Waals surface area contributed by atoms with Crippen LogP contribution in [0.1, 0.15) is 12.5 Å². The Labute approximate surface area is 153 Å². The number of amides is 1. The molecule has 0 aromatic heterocycles. The average molecular weight is 381 g/mol. The van der Waals surface area contributed by atoms with Crippen molar-refractivity contribution in [2.75, 3.05) is 5.32 Å². The summed E-state index contributed by atoms with van der Waals surface area (Å²) in [5.41, 5.74) is 1.06. The van der Waals surface area contributed by atoms with Gasteiger partial charge in [0.25, 0.3) is 11.7 Å². The van der Waals surface area contributed by atoms with Gasteiger partial charge in [0.15, 0.2) is 6.10 Å². The summed E-state index contributed by atoms with van der Waals surface area (Å²) in [5.74, 6) is -3.53. The van der Waals surface area contributed by atoms with Crippen LogP contribution < -0.4 is 5.32 Å². The summed E-state index contributed by atoms with van der Waals surface area (Å²) < 4.78 is 29.6. The second-order valence-electron chi connectivity index (χ2n) is 5.37. The third-order valence-electron chi connectivity index (χ3n) is 3.31. The van der Waals surface area contributed by atoms with Crippen LogP contribution in [-0.2, 0) is 20.7 Å². The van der Waals surface area contributed by atoms with Crippen LogP contribution in [0, 0.1) is 0 Å². The highest BCUT2D eigenvalue weighted by atomic mass is 32.2. The molecule has 0 saturated heterocycles. The van der Waals surface area contributed by atoms with E-state index in [4.69, 9.17) is 4.74 Å². The van der Waals surface area contributed by atoms with Crippen molar-refractivity contribution in [1.82, 2.24) is 0 Å². The molecule has 0 spiro atoms. The van der Waals surface area contributed by atoms with E-state index in [1.165, 1.54) is 43.3 Å². The molecule has 0 bridgehead atoms. The van der Waals surface area contributed by atoms with Crippen molar-refractivity contribution in [3.8, 4) is 5.75 Å². The molecule has 0 aliphatic carbocycles. The molecule has 2 rings (SSSR count). The van der Waals surface area contributed by atoms with E-state index in [0.717, 1.165) is 0 Å². The molecule has 0 saturated carbocycles. The Bertz CT molecular complexity index is 751. The molecule has 2 aromatic rings. The normalized spacial score (nSPS) is 11.8. The van der Waals surface area contributed by atoms with E-state index in [1.54, 1.807) is 12.1 Å². The second kappa shape index (κ2) is 9.19. The number of halogens is 2. The van der Waals surface area contributed by atoms with Gasteiger partial charge in [-0.1, -0.05) is 23.9 Å². The van der Waals surface area contributed by atoms with Crippen LogP contribution in [0.3, 0.4) is 0 Å². The number of benzene rings is 2. The van der Waals surface area contributed by atoms with Gasteiger partial charge in [-0.05, 0) is 48.9 Å². The number of alkyl halides is 2. The summed E-state index contributed by atoms with van der Waals surface area (Å²) >= 11 is 0.411. The number of carbonyl (C=O) groups is 2. The number of nitrogens with one attached hydrogen (secondary N) is 1. The summed E-state index contributed by atoms with van der Waals surface area (Å²) in [6.45, 7) is 1.44. The van der Waals surface area contributed by atoms with Gasteiger partial charge in [0.1, 0.15) is 5.75 Å². The maximum atomic E-state index is 12.3. The highest BCUT2D eigenvalue weighted by molar-refractivity contribution is 7.99. The third-order valence-corrected chi connectivity index (χ3v) is 4.03. The standard InChI is InChI=1S/C18H17F2NO4S/c1-11(25-16(23)10-12-2-6-14(22)7-3-12)17(24)21-13-4-8-15(9-5-13)26-18(19)20/h2-9,11,18,22H,10H2,1H3,(H,21,24)/t11-/m0/s1. The van der Waals surface area contributed by atoms with Crippen molar-refractivity contribution in [3.05, 3.63) is 54.1 Å². The van der Waals surface area contributed by atoms with Crippen LogP contribution >= 0.6 is 11.8 Å². The van der Waals surface area contributed by atoms with E-state index in [1.807, 2.05) is 0 Å². The number of ether oxygens (including phenoxy) is 1. The molecule has 2 aromatic carbocycles. The molecule has 1 atom stereocenters. The molecule has 0 aliphatic heterocycles. The predicted molar refractivity (Wildman–Crippen MR) is 94.3 cm³/mol. The molecule has 5 nitrogen and oxygen atoms in total. The Morgan fingerprint density at radius 2 is 1.73 bits per heavy atom. The van der Waals surface area contributed by atoms with Gasteiger partial charge < -0.3 is 15.2 Å². The second-order valence-corrected chi connectivity index (χ2v) is 6.43. The molecule has 2 N–H and O–H groups in total. The lowest BCUT2D eigenvalue weighted by Crippen LogP contribution is -2.30. The number of esters is 1. The average Bonchev–Trinajstić information content (AvgIpc) is 2.58. The molecular weight excluding hydrogens is 364 g/mol. The lowest BCUT2D eigenvalue weighted by molar-refractivity contribution is -0.152. The first-order valence-electron chi connectivity index (χ1n) is 7.66. The zero-order valence-corrected chi connectivity index (χ0v) is 14.6. The minimum atomic E-state index is -2.51. The van der Waals surface area contributed by atoms with Crippen molar-refractivity contribution >= 4 is 29.3 Å². The van der Waals surface area contributed by atoms with E-state index in [0.29, 0.717) is 27.9 Å². The van der Waals surface area contributed by atoms with Crippen LogP contribution in [0.15, 0.2) is 53.4 Å². The predicted octanol–water partition coefficient (Wildman–Crippen LogP) is 3.82. The van der Waals surface area contributed by atoms with Gasteiger partial charge in [0.2, 0.25) is 0 Å². The molecule has 0 radical (unpaired) electrons. The molecule has 26 heavy (non-hydrogen) atoms. The van der Waals surface area contributed by atoms with Gasteiger partial charge in [-0.25, -0.2) is 0 Å². The summed E-state index contributed by atoms with van der Waals surface area (Å²) in [6.07, 6.45) is -1.05. The Kier molecular flexibility index (Phi) is 6.97. The summed E-state index contributed by atoms with van der Waals surface area (Å²) in [5, 5.41) is 11.8. The van der Waals surface area contributed by atoms with Crippen molar-refractivity contribution in [2.45, 2.75) is 30.1 Å². The van der Waals surface area contributed by atoms with Crippen molar-refractivity contribution in [1.29, 1.82) is 0 Å². The Hall–Kier alpha value is -2.61. The fourth-order valence-electron chi connectivity index (χ4n) is 2.04. The van der Waals surface area contributed by atoms with E-state index in [2.05, 4.69) is 5.32 Å². The van der Waals surface area contributed by atoms with Crippen LogP contribution in [0.2, 0.25) is 0 Å². The zero-order valence-electron chi connectivity index (χ0n) is 13.8. The largest absolute Gasteiger partial charge is 0.508 e.